The van der Waals surface area contributed by atoms with Crippen LogP contribution in [0.25, 0.3) is 32.2 Å². The second-order valence-electron chi connectivity index (χ2n) is 9.94. The highest BCUT2D eigenvalue weighted by atomic mass is 32.1. The monoisotopic (exact) mass is 552 g/mol. The minimum Gasteiger partial charge on any atom is -0.383 e. The fourth-order valence-corrected chi connectivity index (χ4v) is 6.11. The van der Waals surface area contributed by atoms with E-state index in [2.05, 4.69) is 33.1 Å². The van der Waals surface area contributed by atoms with E-state index >= 15 is 0 Å². The van der Waals surface area contributed by atoms with Crippen LogP contribution in [-0.2, 0) is 11.3 Å². The Morgan fingerprint density at radius 2 is 2.05 bits per heavy atom. The van der Waals surface area contributed by atoms with Crippen LogP contribution in [0.15, 0.2) is 57.2 Å². The van der Waals surface area contributed by atoms with Gasteiger partial charge in [-0.2, -0.15) is 5.10 Å². The van der Waals surface area contributed by atoms with E-state index < -0.39 is 0 Å². The summed E-state index contributed by atoms with van der Waals surface area (Å²) in [6.45, 7) is 7.54. The molecule has 10 nitrogen and oxygen atoms in total. The first kappa shape index (κ1) is 25.6. The SMILES string of the molecule is C=Nc1c(C(N)=NC)c(-c2ccc3nc(NC(C)=O)sc3c2)nn1Cc1cc2cccc(C)c2c(=O)n1C1CC1. The number of pyridine rings is 1. The molecule has 0 radical (unpaired) electrons. The standard InChI is InChI=1S/C29H28N8O2S/c1-15-6-5-7-17-12-20(37(19-9-10-19)28(39)23(15)17)14-36-27(32-4)24(26(30)31-3)25(35-36)18-8-11-21-22(13-18)40-29(34-21)33-16(2)38/h5-8,11-13,19H,4,9-10,14H2,1-3H3,(H2,30,31)(H,33,34,38). The van der Waals surface area contributed by atoms with Gasteiger partial charge in [0.1, 0.15) is 11.5 Å². The number of rotatable bonds is 7. The number of aryl methyl sites for hydroxylation is 1. The fraction of sp³-hybridized carbons (Fsp3) is 0.241. The number of aliphatic imine (C=N–C) groups is 2. The maximum atomic E-state index is 13.7. The number of anilines is 1. The minimum absolute atomic E-state index is 0.0223. The Morgan fingerprint density at radius 3 is 2.75 bits per heavy atom. The van der Waals surface area contributed by atoms with Crippen molar-refractivity contribution in [2.75, 3.05) is 12.4 Å². The van der Waals surface area contributed by atoms with E-state index in [1.54, 1.807) is 11.7 Å². The summed E-state index contributed by atoms with van der Waals surface area (Å²) >= 11 is 1.38. The summed E-state index contributed by atoms with van der Waals surface area (Å²) in [6.07, 6.45) is 1.94. The predicted octanol–water partition coefficient (Wildman–Crippen LogP) is 4.79. The third kappa shape index (κ3) is 4.37. The van der Waals surface area contributed by atoms with Crippen molar-refractivity contribution in [3.05, 3.63) is 69.6 Å². The lowest BCUT2D eigenvalue weighted by molar-refractivity contribution is -0.114. The Kier molecular flexibility index (Phi) is 6.30. The van der Waals surface area contributed by atoms with E-state index in [0.29, 0.717) is 28.8 Å². The van der Waals surface area contributed by atoms with Gasteiger partial charge in [0.05, 0.1) is 27.7 Å². The molecule has 0 bridgehead atoms. The average molecular weight is 553 g/mol. The molecule has 1 fully saturated rings. The Labute approximate surface area is 233 Å². The Morgan fingerprint density at radius 1 is 1.25 bits per heavy atom. The lowest BCUT2D eigenvalue weighted by Crippen LogP contribution is -2.25. The maximum Gasteiger partial charge on any atom is 0.259 e. The molecule has 1 aliphatic rings. The molecule has 3 aromatic heterocycles. The van der Waals surface area contributed by atoms with Crippen molar-refractivity contribution in [2.24, 2.45) is 15.7 Å². The van der Waals surface area contributed by atoms with Gasteiger partial charge in [0.2, 0.25) is 5.91 Å². The van der Waals surface area contributed by atoms with Crippen molar-refractivity contribution in [3.63, 3.8) is 0 Å². The van der Waals surface area contributed by atoms with Gasteiger partial charge in [0, 0.05) is 31.3 Å². The molecule has 1 saturated carbocycles. The number of hydrogen-bond donors (Lipinski definition) is 2. The number of aromatic nitrogens is 4. The molecule has 202 valence electrons. The van der Waals surface area contributed by atoms with Crippen LogP contribution in [-0.4, -0.2) is 44.8 Å². The molecule has 0 unspecified atom stereocenters. The zero-order valence-corrected chi connectivity index (χ0v) is 23.2. The largest absolute Gasteiger partial charge is 0.383 e. The van der Waals surface area contributed by atoms with Crippen molar-refractivity contribution in [1.82, 2.24) is 19.3 Å². The number of carbonyl (C=O) groups excluding carboxylic acids is 1. The number of thiazole rings is 1. The van der Waals surface area contributed by atoms with Crippen LogP contribution in [0, 0.1) is 6.92 Å². The van der Waals surface area contributed by atoms with E-state index in [-0.39, 0.29) is 23.3 Å². The second kappa shape index (κ2) is 9.83. The van der Waals surface area contributed by atoms with Crippen molar-refractivity contribution in [2.45, 2.75) is 39.3 Å². The highest BCUT2D eigenvalue weighted by molar-refractivity contribution is 7.22. The van der Waals surface area contributed by atoms with Crippen molar-refractivity contribution in [1.29, 1.82) is 0 Å². The second-order valence-corrected chi connectivity index (χ2v) is 11.0. The zero-order valence-electron chi connectivity index (χ0n) is 22.4. The first-order valence-electron chi connectivity index (χ1n) is 12.9. The van der Waals surface area contributed by atoms with Gasteiger partial charge in [-0.1, -0.05) is 35.6 Å². The van der Waals surface area contributed by atoms with E-state index in [0.717, 1.165) is 50.7 Å². The maximum absolute atomic E-state index is 13.7. The first-order chi connectivity index (χ1) is 19.3. The van der Waals surface area contributed by atoms with Crippen LogP contribution in [0.3, 0.4) is 0 Å². The molecule has 5 aromatic rings. The number of benzene rings is 2. The number of fused-ring (bicyclic) bond motifs is 2. The zero-order chi connectivity index (χ0) is 28.1. The quantitative estimate of drug-likeness (QED) is 0.221. The number of nitrogens with two attached hydrogens (primary N) is 1. The highest BCUT2D eigenvalue weighted by Gasteiger charge is 2.29. The lowest BCUT2D eigenvalue weighted by atomic mass is 10.1. The van der Waals surface area contributed by atoms with Crippen LogP contribution < -0.4 is 16.6 Å². The molecule has 3 N–H and O–H groups in total. The van der Waals surface area contributed by atoms with Crippen molar-refractivity contribution >= 4 is 61.7 Å². The summed E-state index contributed by atoms with van der Waals surface area (Å²) in [5.74, 6) is 0.573. The van der Waals surface area contributed by atoms with E-state index in [1.165, 1.54) is 18.3 Å². The van der Waals surface area contributed by atoms with Gasteiger partial charge in [0.15, 0.2) is 10.9 Å². The van der Waals surface area contributed by atoms with Crippen LogP contribution in [0.5, 0.6) is 0 Å². The number of carbonyl (C=O) groups is 1. The molecule has 1 aliphatic carbocycles. The van der Waals surface area contributed by atoms with E-state index in [4.69, 9.17) is 10.8 Å². The third-order valence-corrected chi connectivity index (χ3v) is 8.04. The topological polar surface area (TPSA) is 133 Å². The predicted molar refractivity (Wildman–Crippen MR) is 161 cm³/mol. The van der Waals surface area contributed by atoms with Gasteiger partial charge < -0.3 is 15.6 Å². The summed E-state index contributed by atoms with van der Waals surface area (Å²) < 4.78 is 4.53. The molecular weight excluding hydrogens is 524 g/mol. The third-order valence-electron chi connectivity index (χ3n) is 7.11. The number of amides is 1. The average Bonchev–Trinajstić information content (AvgIpc) is 3.57. The van der Waals surface area contributed by atoms with Gasteiger partial charge in [-0.15, -0.1) is 0 Å². The molecule has 0 spiro atoms. The summed E-state index contributed by atoms with van der Waals surface area (Å²) in [4.78, 5) is 38.2. The molecule has 3 heterocycles. The Bertz CT molecular complexity index is 1930. The van der Waals surface area contributed by atoms with Crippen molar-refractivity contribution < 1.29 is 4.79 Å². The van der Waals surface area contributed by atoms with Crippen LogP contribution in [0.4, 0.5) is 10.9 Å². The van der Waals surface area contributed by atoms with Gasteiger partial charge in [0.25, 0.3) is 5.56 Å². The Hall–Kier alpha value is -4.64. The molecule has 1 amide bonds. The minimum atomic E-state index is -0.178. The number of amidine groups is 1. The van der Waals surface area contributed by atoms with Crippen LogP contribution >= 0.6 is 11.3 Å². The molecule has 2 aromatic carbocycles. The number of hydrogen-bond acceptors (Lipinski definition) is 7. The summed E-state index contributed by atoms with van der Waals surface area (Å²) in [5.41, 5.74) is 10.9. The van der Waals surface area contributed by atoms with Gasteiger partial charge in [-0.25, -0.2) is 14.7 Å². The lowest BCUT2D eigenvalue weighted by Gasteiger charge is -2.15. The highest BCUT2D eigenvalue weighted by Crippen LogP contribution is 2.38. The molecule has 0 aliphatic heterocycles. The van der Waals surface area contributed by atoms with Gasteiger partial charge in [-0.3, -0.25) is 14.6 Å². The van der Waals surface area contributed by atoms with E-state index in [9.17, 15) is 9.59 Å². The summed E-state index contributed by atoms with van der Waals surface area (Å²) in [6, 6.07) is 13.9. The molecule has 40 heavy (non-hydrogen) atoms. The summed E-state index contributed by atoms with van der Waals surface area (Å²) in [7, 11) is 1.62. The van der Waals surface area contributed by atoms with Gasteiger partial charge >= 0.3 is 0 Å². The first-order valence-corrected chi connectivity index (χ1v) is 13.7. The van der Waals surface area contributed by atoms with Crippen LogP contribution in [0.1, 0.15) is 42.6 Å². The summed E-state index contributed by atoms with van der Waals surface area (Å²) in [5, 5.41) is 9.86. The van der Waals surface area contributed by atoms with Crippen molar-refractivity contribution in [3.8, 4) is 11.3 Å². The van der Waals surface area contributed by atoms with E-state index in [1.807, 2.05) is 47.9 Å². The van der Waals surface area contributed by atoms with Gasteiger partial charge in [-0.05, 0) is 55.6 Å². The molecule has 6 rings (SSSR count). The number of nitrogens with zero attached hydrogens (tertiary/aromatic N) is 6. The normalized spacial score (nSPS) is 13.7. The molecule has 0 saturated heterocycles. The molecule has 0 atom stereocenters. The smallest absolute Gasteiger partial charge is 0.259 e. The Balaban J connectivity index is 1.51. The number of nitrogens with one attached hydrogen (secondary N) is 1. The fourth-order valence-electron chi connectivity index (χ4n) is 5.16. The molecule has 11 heteroatoms. The van der Waals surface area contributed by atoms with Crippen LogP contribution in [0.2, 0.25) is 0 Å². The molecular formula is C29H28N8O2S.